The summed E-state index contributed by atoms with van der Waals surface area (Å²) in [6.07, 6.45) is 2.37. The third kappa shape index (κ3) is 3.59. The van der Waals surface area contributed by atoms with Gasteiger partial charge in [-0.3, -0.25) is 4.79 Å². The van der Waals surface area contributed by atoms with Gasteiger partial charge in [-0.15, -0.1) is 0 Å². The van der Waals surface area contributed by atoms with E-state index >= 15 is 0 Å². The summed E-state index contributed by atoms with van der Waals surface area (Å²) in [7, 11) is 1.85. The number of nitrogens with one attached hydrogen (secondary N) is 1. The molecule has 0 unspecified atom stereocenters. The Morgan fingerprint density at radius 2 is 1.88 bits per heavy atom. The monoisotopic (exact) mass is 322 g/mol. The van der Waals surface area contributed by atoms with E-state index in [-0.39, 0.29) is 5.91 Å². The number of benzene rings is 2. The molecule has 3 aromatic rings. The topological polar surface area (TPSA) is 45.3 Å². The molecule has 1 aromatic heterocycles. The molecule has 0 atom stereocenters. The van der Waals surface area contributed by atoms with E-state index in [1.54, 1.807) is 4.90 Å². The van der Waals surface area contributed by atoms with Crippen LogP contribution >= 0.6 is 0 Å². The molecule has 1 N–H and O–H groups in total. The number of likely N-dealkylation sites (N-methyl/N-ethyl adjacent to an activating group) is 1. The molecule has 2 aromatic carbocycles. The molecule has 4 heteroatoms. The normalized spacial score (nSPS) is 10.8. The summed E-state index contributed by atoms with van der Waals surface area (Å²) >= 11 is 0. The van der Waals surface area contributed by atoms with Crippen LogP contribution in [0.25, 0.3) is 10.9 Å². The maximum Gasteiger partial charge on any atom is 0.227 e. The van der Waals surface area contributed by atoms with Gasteiger partial charge in [0, 0.05) is 30.7 Å². The van der Waals surface area contributed by atoms with E-state index in [4.69, 9.17) is 4.74 Å². The molecule has 0 saturated heterocycles. The lowest BCUT2D eigenvalue weighted by molar-refractivity contribution is -0.129. The van der Waals surface area contributed by atoms with Crippen LogP contribution in [0.1, 0.15) is 18.1 Å². The van der Waals surface area contributed by atoms with Gasteiger partial charge in [-0.1, -0.05) is 30.3 Å². The average molecular weight is 322 g/mol. The van der Waals surface area contributed by atoms with Crippen LogP contribution in [0, 0.1) is 0 Å². The molecular formula is C20H22N2O2. The number of aromatic amines is 1. The summed E-state index contributed by atoms with van der Waals surface area (Å²) in [6, 6.07) is 15.8. The van der Waals surface area contributed by atoms with Crippen LogP contribution < -0.4 is 4.74 Å². The van der Waals surface area contributed by atoms with E-state index < -0.39 is 0 Å². The van der Waals surface area contributed by atoms with Crippen molar-refractivity contribution in [2.45, 2.75) is 19.9 Å². The lowest BCUT2D eigenvalue weighted by Crippen LogP contribution is -2.27. The second-order valence-corrected chi connectivity index (χ2v) is 5.86. The second-order valence-electron chi connectivity index (χ2n) is 5.86. The molecule has 0 aliphatic carbocycles. The van der Waals surface area contributed by atoms with Gasteiger partial charge in [0.25, 0.3) is 0 Å². The number of rotatable bonds is 6. The first kappa shape index (κ1) is 16.1. The summed E-state index contributed by atoms with van der Waals surface area (Å²) in [4.78, 5) is 17.5. The molecule has 0 saturated carbocycles. The summed E-state index contributed by atoms with van der Waals surface area (Å²) in [5.41, 5.74) is 3.22. The number of fused-ring (bicyclic) bond motifs is 1. The fourth-order valence-corrected chi connectivity index (χ4v) is 2.79. The van der Waals surface area contributed by atoms with Gasteiger partial charge in [-0.05, 0) is 36.2 Å². The maximum atomic E-state index is 12.5. The van der Waals surface area contributed by atoms with Gasteiger partial charge in [0.15, 0.2) is 0 Å². The van der Waals surface area contributed by atoms with E-state index in [9.17, 15) is 4.79 Å². The fourth-order valence-electron chi connectivity index (χ4n) is 2.79. The second kappa shape index (κ2) is 7.21. The highest BCUT2D eigenvalue weighted by Crippen LogP contribution is 2.19. The highest BCUT2D eigenvalue weighted by molar-refractivity contribution is 5.84. The molecule has 0 fully saturated rings. The first-order valence-electron chi connectivity index (χ1n) is 8.18. The van der Waals surface area contributed by atoms with E-state index in [1.165, 1.54) is 5.39 Å². The number of hydrogen-bond acceptors (Lipinski definition) is 2. The summed E-state index contributed by atoms with van der Waals surface area (Å²) in [5, 5.41) is 1.17. The Morgan fingerprint density at radius 1 is 1.12 bits per heavy atom. The SMILES string of the molecule is CCOc1ccc(CC(=O)N(C)Cc2c[nH]c3ccccc23)cc1. The van der Waals surface area contributed by atoms with E-state index in [1.807, 2.05) is 62.6 Å². The Bertz CT molecular complexity index is 821. The lowest BCUT2D eigenvalue weighted by Gasteiger charge is -2.17. The van der Waals surface area contributed by atoms with Crippen molar-refractivity contribution in [1.82, 2.24) is 9.88 Å². The summed E-state index contributed by atoms with van der Waals surface area (Å²) in [6.45, 7) is 3.20. The smallest absolute Gasteiger partial charge is 0.227 e. The number of para-hydroxylation sites is 1. The van der Waals surface area contributed by atoms with Crippen molar-refractivity contribution in [3.8, 4) is 5.75 Å². The number of H-pyrrole nitrogens is 1. The van der Waals surface area contributed by atoms with Crippen LogP contribution in [0.4, 0.5) is 0 Å². The summed E-state index contributed by atoms with van der Waals surface area (Å²) < 4.78 is 5.43. The molecule has 0 spiro atoms. The number of carbonyl (C=O) groups is 1. The Labute approximate surface area is 142 Å². The number of hydrogen-bond donors (Lipinski definition) is 1. The fraction of sp³-hybridized carbons (Fsp3) is 0.250. The van der Waals surface area contributed by atoms with Crippen LogP contribution in [0.3, 0.4) is 0 Å². The van der Waals surface area contributed by atoms with Crippen LogP contribution in [-0.4, -0.2) is 29.4 Å². The van der Waals surface area contributed by atoms with Crippen LogP contribution in [0.15, 0.2) is 54.7 Å². The van der Waals surface area contributed by atoms with Gasteiger partial charge in [-0.25, -0.2) is 0 Å². The highest BCUT2D eigenvalue weighted by Gasteiger charge is 2.12. The van der Waals surface area contributed by atoms with Gasteiger partial charge in [0.1, 0.15) is 5.75 Å². The molecule has 1 heterocycles. The van der Waals surface area contributed by atoms with Crippen molar-refractivity contribution in [3.05, 3.63) is 65.9 Å². The molecule has 124 valence electrons. The number of amides is 1. The molecule has 24 heavy (non-hydrogen) atoms. The first-order chi connectivity index (χ1) is 11.7. The third-order valence-electron chi connectivity index (χ3n) is 4.10. The number of aromatic nitrogens is 1. The number of ether oxygens (including phenoxy) is 1. The maximum absolute atomic E-state index is 12.5. The third-order valence-corrected chi connectivity index (χ3v) is 4.10. The zero-order valence-electron chi connectivity index (χ0n) is 14.1. The summed E-state index contributed by atoms with van der Waals surface area (Å²) in [5.74, 6) is 0.935. The number of carbonyl (C=O) groups excluding carboxylic acids is 1. The standard InChI is InChI=1S/C20H22N2O2/c1-3-24-17-10-8-15(9-11-17)12-20(23)22(2)14-16-13-21-19-7-5-4-6-18(16)19/h4-11,13,21H,3,12,14H2,1-2H3. The van der Waals surface area contributed by atoms with Crippen LogP contribution in [0.5, 0.6) is 5.75 Å². The minimum atomic E-state index is 0.101. The quantitative estimate of drug-likeness (QED) is 0.751. The highest BCUT2D eigenvalue weighted by atomic mass is 16.5. The van der Waals surface area contributed by atoms with Crippen molar-refractivity contribution in [2.24, 2.45) is 0 Å². The minimum absolute atomic E-state index is 0.101. The van der Waals surface area contributed by atoms with Crippen molar-refractivity contribution < 1.29 is 9.53 Å². The minimum Gasteiger partial charge on any atom is -0.494 e. The van der Waals surface area contributed by atoms with Crippen molar-refractivity contribution >= 4 is 16.8 Å². The van der Waals surface area contributed by atoms with Gasteiger partial charge in [0.2, 0.25) is 5.91 Å². The molecule has 0 aliphatic heterocycles. The van der Waals surface area contributed by atoms with Crippen LogP contribution in [-0.2, 0) is 17.8 Å². The molecular weight excluding hydrogens is 300 g/mol. The first-order valence-corrected chi connectivity index (χ1v) is 8.18. The molecule has 3 rings (SSSR count). The zero-order valence-corrected chi connectivity index (χ0v) is 14.1. The van der Waals surface area contributed by atoms with Gasteiger partial charge < -0.3 is 14.6 Å². The zero-order chi connectivity index (χ0) is 16.9. The van der Waals surface area contributed by atoms with E-state index in [0.717, 1.165) is 22.4 Å². The van der Waals surface area contributed by atoms with Gasteiger partial charge in [-0.2, -0.15) is 0 Å². The predicted molar refractivity (Wildman–Crippen MR) is 96.1 cm³/mol. The van der Waals surface area contributed by atoms with Crippen LogP contribution in [0.2, 0.25) is 0 Å². The van der Waals surface area contributed by atoms with Gasteiger partial charge in [0.05, 0.1) is 13.0 Å². The lowest BCUT2D eigenvalue weighted by atomic mass is 10.1. The molecule has 4 nitrogen and oxygen atoms in total. The van der Waals surface area contributed by atoms with Gasteiger partial charge >= 0.3 is 0 Å². The Balaban J connectivity index is 1.64. The molecule has 0 bridgehead atoms. The predicted octanol–water partition coefficient (Wildman–Crippen LogP) is 3.77. The van der Waals surface area contributed by atoms with E-state index in [0.29, 0.717) is 19.6 Å². The molecule has 1 amide bonds. The largest absolute Gasteiger partial charge is 0.494 e. The Morgan fingerprint density at radius 3 is 2.62 bits per heavy atom. The van der Waals surface area contributed by atoms with Crippen molar-refractivity contribution in [3.63, 3.8) is 0 Å². The van der Waals surface area contributed by atoms with Crippen molar-refractivity contribution in [2.75, 3.05) is 13.7 Å². The Kier molecular flexibility index (Phi) is 4.85. The Hall–Kier alpha value is -2.75. The average Bonchev–Trinajstić information content (AvgIpc) is 3.00. The van der Waals surface area contributed by atoms with E-state index in [2.05, 4.69) is 11.1 Å². The molecule has 0 aliphatic rings. The number of nitrogens with zero attached hydrogens (tertiary/aromatic N) is 1. The van der Waals surface area contributed by atoms with Crippen molar-refractivity contribution in [1.29, 1.82) is 0 Å². The molecule has 0 radical (unpaired) electrons.